The highest BCUT2D eigenvalue weighted by Gasteiger charge is 2.21. The molecule has 0 radical (unpaired) electrons. The number of thiazole rings is 1. The molecule has 154 valence electrons. The largest absolute Gasteiger partial charge is 0.494 e. The van der Waals surface area contributed by atoms with Gasteiger partial charge in [-0.2, -0.15) is 0 Å². The second-order valence-corrected chi connectivity index (χ2v) is 7.88. The number of hydrogen-bond acceptors (Lipinski definition) is 5. The molecule has 30 heavy (non-hydrogen) atoms. The Morgan fingerprint density at radius 3 is 2.60 bits per heavy atom. The monoisotopic (exact) mass is 421 g/mol. The van der Waals surface area contributed by atoms with E-state index in [0.717, 1.165) is 40.7 Å². The number of nitrogens with one attached hydrogen (secondary N) is 1. The predicted octanol–water partition coefficient (Wildman–Crippen LogP) is 4.52. The second-order valence-electron chi connectivity index (χ2n) is 7.02. The SMILES string of the molecule is CCOc1ccc(-c2nc(CC(=O)Nc3ccc(N4CCCC4=O)cc3)cs2)cc1. The summed E-state index contributed by atoms with van der Waals surface area (Å²) < 4.78 is 5.46. The van der Waals surface area contributed by atoms with Gasteiger partial charge in [-0.15, -0.1) is 11.3 Å². The highest BCUT2D eigenvalue weighted by molar-refractivity contribution is 7.13. The van der Waals surface area contributed by atoms with Gasteiger partial charge in [-0.05, 0) is 61.9 Å². The number of carbonyl (C=O) groups is 2. The molecule has 0 atom stereocenters. The minimum atomic E-state index is -0.122. The van der Waals surface area contributed by atoms with E-state index in [1.165, 1.54) is 11.3 Å². The molecular formula is C23H23N3O3S. The molecule has 0 bridgehead atoms. The first kappa shape index (κ1) is 20.1. The van der Waals surface area contributed by atoms with E-state index < -0.39 is 0 Å². The second kappa shape index (κ2) is 9.09. The molecule has 1 aromatic heterocycles. The van der Waals surface area contributed by atoms with Crippen molar-refractivity contribution in [3.8, 4) is 16.3 Å². The third-order valence-corrected chi connectivity index (χ3v) is 5.78. The summed E-state index contributed by atoms with van der Waals surface area (Å²) in [5.41, 5.74) is 3.31. The van der Waals surface area contributed by atoms with E-state index in [-0.39, 0.29) is 18.2 Å². The van der Waals surface area contributed by atoms with Crippen molar-refractivity contribution < 1.29 is 14.3 Å². The van der Waals surface area contributed by atoms with Gasteiger partial charge >= 0.3 is 0 Å². The van der Waals surface area contributed by atoms with Crippen LogP contribution in [0.25, 0.3) is 10.6 Å². The van der Waals surface area contributed by atoms with Crippen LogP contribution in [0.2, 0.25) is 0 Å². The van der Waals surface area contributed by atoms with E-state index in [0.29, 0.717) is 18.7 Å². The van der Waals surface area contributed by atoms with Crippen molar-refractivity contribution in [2.45, 2.75) is 26.2 Å². The van der Waals surface area contributed by atoms with E-state index in [1.54, 1.807) is 4.90 Å². The van der Waals surface area contributed by atoms with E-state index in [9.17, 15) is 9.59 Å². The summed E-state index contributed by atoms with van der Waals surface area (Å²) in [7, 11) is 0. The molecule has 1 N–H and O–H groups in total. The number of rotatable bonds is 7. The normalized spacial score (nSPS) is 13.5. The number of carbonyl (C=O) groups excluding carboxylic acids is 2. The molecular weight excluding hydrogens is 398 g/mol. The summed E-state index contributed by atoms with van der Waals surface area (Å²) in [5.74, 6) is 0.861. The molecule has 3 aromatic rings. The third-order valence-electron chi connectivity index (χ3n) is 4.84. The number of benzene rings is 2. The van der Waals surface area contributed by atoms with Gasteiger partial charge in [-0.1, -0.05) is 0 Å². The number of anilines is 2. The van der Waals surface area contributed by atoms with Gasteiger partial charge in [-0.3, -0.25) is 9.59 Å². The molecule has 0 unspecified atom stereocenters. The quantitative estimate of drug-likeness (QED) is 0.609. The summed E-state index contributed by atoms with van der Waals surface area (Å²) in [4.78, 5) is 30.6. The topological polar surface area (TPSA) is 71.5 Å². The number of ether oxygens (including phenoxy) is 1. The zero-order chi connectivity index (χ0) is 20.9. The van der Waals surface area contributed by atoms with Crippen molar-refractivity contribution >= 4 is 34.5 Å². The lowest BCUT2D eigenvalue weighted by Crippen LogP contribution is -2.23. The lowest BCUT2D eigenvalue weighted by molar-refractivity contribution is -0.117. The molecule has 1 saturated heterocycles. The number of hydrogen-bond donors (Lipinski definition) is 1. The van der Waals surface area contributed by atoms with Crippen molar-refractivity contribution in [1.82, 2.24) is 4.98 Å². The van der Waals surface area contributed by atoms with Crippen molar-refractivity contribution in [3.63, 3.8) is 0 Å². The van der Waals surface area contributed by atoms with Crippen molar-refractivity contribution in [1.29, 1.82) is 0 Å². The van der Waals surface area contributed by atoms with Crippen LogP contribution in [0.15, 0.2) is 53.9 Å². The molecule has 1 fully saturated rings. The summed E-state index contributed by atoms with van der Waals surface area (Å²) >= 11 is 1.52. The molecule has 0 spiro atoms. The van der Waals surface area contributed by atoms with Crippen LogP contribution in [-0.4, -0.2) is 29.9 Å². The third kappa shape index (κ3) is 4.68. The van der Waals surface area contributed by atoms with Crippen LogP contribution < -0.4 is 15.0 Å². The summed E-state index contributed by atoms with van der Waals surface area (Å²) in [6.07, 6.45) is 1.70. The van der Waals surface area contributed by atoms with Gasteiger partial charge in [0.1, 0.15) is 10.8 Å². The standard InChI is InChI=1S/C23H23N3O3S/c1-2-29-20-11-5-16(6-12-20)23-25-18(15-30-23)14-21(27)24-17-7-9-19(10-8-17)26-13-3-4-22(26)28/h5-12,15H,2-4,13-14H2,1H3,(H,24,27). The van der Waals surface area contributed by atoms with Crippen LogP contribution in [-0.2, 0) is 16.0 Å². The number of nitrogens with zero attached hydrogens (tertiary/aromatic N) is 2. The van der Waals surface area contributed by atoms with E-state index >= 15 is 0 Å². The molecule has 2 aromatic carbocycles. The van der Waals surface area contributed by atoms with E-state index in [2.05, 4.69) is 10.3 Å². The Labute approximate surface area is 179 Å². The first-order valence-electron chi connectivity index (χ1n) is 10.0. The smallest absolute Gasteiger partial charge is 0.230 e. The van der Waals surface area contributed by atoms with E-state index in [1.807, 2.05) is 60.8 Å². The van der Waals surface area contributed by atoms with Gasteiger partial charge in [0.25, 0.3) is 0 Å². The molecule has 7 heteroatoms. The van der Waals surface area contributed by atoms with Crippen LogP contribution in [0, 0.1) is 0 Å². The summed E-state index contributed by atoms with van der Waals surface area (Å²) in [6, 6.07) is 15.2. The van der Waals surface area contributed by atoms with Crippen LogP contribution in [0.1, 0.15) is 25.5 Å². The Bertz CT molecular complexity index is 1030. The maximum absolute atomic E-state index is 12.4. The van der Waals surface area contributed by atoms with Gasteiger partial charge in [0.15, 0.2) is 0 Å². The first-order chi connectivity index (χ1) is 14.6. The maximum Gasteiger partial charge on any atom is 0.230 e. The van der Waals surface area contributed by atoms with E-state index in [4.69, 9.17) is 4.74 Å². The zero-order valence-corrected chi connectivity index (χ0v) is 17.6. The van der Waals surface area contributed by atoms with Gasteiger partial charge in [0.05, 0.1) is 18.7 Å². The molecule has 2 heterocycles. The zero-order valence-electron chi connectivity index (χ0n) is 16.8. The van der Waals surface area contributed by atoms with Crippen molar-refractivity contribution in [2.24, 2.45) is 0 Å². The molecule has 2 amide bonds. The molecule has 0 aliphatic carbocycles. The number of aromatic nitrogens is 1. The fraction of sp³-hybridized carbons (Fsp3) is 0.261. The van der Waals surface area contributed by atoms with Crippen molar-refractivity contribution in [3.05, 3.63) is 59.6 Å². The Hall–Kier alpha value is -3.19. The average Bonchev–Trinajstić information content (AvgIpc) is 3.38. The summed E-state index contributed by atoms with van der Waals surface area (Å²) in [6.45, 7) is 3.34. The molecule has 6 nitrogen and oxygen atoms in total. The Kier molecular flexibility index (Phi) is 6.09. The highest BCUT2D eigenvalue weighted by atomic mass is 32.1. The fourth-order valence-corrected chi connectivity index (χ4v) is 4.22. The van der Waals surface area contributed by atoms with Crippen molar-refractivity contribution in [2.75, 3.05) is 23.4 Å². The van der Waals surface area contributed by atoms with Gasteiger partial charge in [0, 0.05) is 35.3 Å². The maximum atomic E-state index is 12.4. The Morgan fingerprint density at radius 2 is 1.93 bits per heavy atom. The highest BCUT2D eigenvalue weighted by Crippen LogP contribution is 2.26. The first-order valence-corrected chi connectivity index (χ1v) is 10.9. The summed E-state index contributed by atoms with van der Waals surface area (Å²) in [5, 5.41) is 5.68. The van der Waals surface area contributed by atoms with Crippen LogP contribution >= 0.6 is 11.3 Å². The molecule has 0 saturated carbocycles. The van der Waals surface area contributed by atoms with Gasteiger partial charge < -0.3 is 15.0 Å². The minimum Gasteiger partial charge on any atom is -0.494 e. The lowest BCUT2D eigenvalue weighted by Gasteiger charge is -2.16. The fourth-order valence-electron chi connectivity index (χ4n) is 3.40. The Balaban J connectivity index is 1.34. The number of amides is 2. The van der Waals surface area contributed by atoms with Crippen LogP contribution in [0.5, 0.6) is 5.75 Å². The van der Waals surface area contributed by atoms with Gasteiger partial charge in [-0.25, -0.2) is 4.98 Å². The predicted molar refractivity (Wildman–Crippen MR) is 119 cm³/mol. The molecule has 1 aliphatic heterocycles. The molecule has 1 aliphatic rings. The minimum absolute atomic E-state index is 0.122. The van der Waals surface area contributed by atoms with Crippen LogP contribution in [0.3, 0.4) is 0 Å². The molecule has 4 rings (SSSR count). The van der Waals surface area contributed by atoms with Crippen LogP contribution in [0.4, 0.5) is 11.4 Å². The van der Waals surface area contributed by atoms with Gasteiger partial charge in [0.2, 0.25) is 11.8 Å². The Morgan fingerprint density at radius 1 is 1.17 bits per heavy atom. The lowest BCUT2D eigenvalue weighted by atomic mass is 10.2. The average molecular weight is 422 g/mol.